The van der Waals surface area contributed by atoms with Crippen molar-refractivity contribution in [3.63, 3.8) is 0 Å². The molecule has 2 nitrogen and oxygen atoms in total. The molecule has 0 aliphatic rings. The third-order valence-corrected chi connectivity index (χ3v) is 0.709. The predicted molar refractivity (Wildman–Crippen MR) is 29.5 cm³/mol. The molecule has 0 fully saturated rings. The minimum atomic E-state index is 0.745. The first kappa shape index (κ1) is 6.47. The van der Waals surface area contributed by atoms with Crippen LogP contribution in [-0.4, -0.2) is 10.9 Å². The van der Waals surface area contributed by atoms with Crippen LogP contribution in [-0.2, 0) is 0 Å². The second-order valence-corrected chi connectivity index (χ2v) is 1.44. The Labute approximate surface area is 43.8 Å². The molecular formula is C5H10NO. The van der Waals surface area contributed by atoms with E-state index in [-0.39, 0.29) is 0 Å². The third-order valence-electron chi connectivity index (χ3n) is 0.709. The Balaban J connectivity index is 3.17. The van der Waals surface area contributed by atoms with Gasteiger partial charge in [-0.15, -0.1) is 0 Å². The number of nitrogens with zero attached hydrogens (tertiary/aromatic N) is 1. The maximum atomic E-state index is 8.03. The Bertz CT molecular complexity index is 68.5. The second-order valence-electron chi connectivity index (χ2n) is 1.44. The van der Waals surface area contributed by atoms with E-state index in [9.17, 15) is 0 Å². The lowest BCUT2D eigenvalue weighted by Gasteiger charge is -1.87. The average Bonchev–Trinajstić information content (AvgIpc) is 1.68. The molecule has 0 saturated carbocycles. The van der Waals surface area contributed by atoms with Gasteiger partial charge in [-0.1, -0.05) is 12.1 Å². The molecule has 0 amide bonds. The predicted octanol–water partition coefficient (Wildman–Crippen LogP) is 1.45. The van der Waals surface area contributed by atoms with Crippen molar-refractivity contribution in [1.29, 1.82) is 0 Å². The summed E-state index contributed by atoms with van der Waals surface area (Å²) in [4.78, 5) is 0. The zero-order valence-electron chi connectivity index (χ0n) is 4.52. The molecule has 0 unspecified atom stereocenters. The van der Waals surface area contributed by atoms with Gasteiger partial charge in [-0.3, -0.25) is 0 Å². The Morgan fingerprint density at radius 1 is 1.86 bits per heavy atom. The number of oxime groups is 1. The fourth-order valence-electron chi connectivity index (χ4n) is 0.306. The molecule has 41 valence electrons. The Morgan fingerprint density at radius 2 is 2.43 bits per heavy atom. The van der Waals surface area contributed by atoms with E-state index in [1.54, 1.807) is 6.92 Å². The van der Waals surface area contributed by atoms with Crippen LogP contribution in [0.5, 0.6) is 0 Å². The van der Waals surface area contributed by atoms with Crippen LogP contribution in [0.3, 0.4) is 0 Å². The monoisotopic (exact) mass is 100 g/mol. The highest BCUT2D eigenvalue weighted by atomic mass is 16.4. The van der Waals surface area contributed by atoms with E-state index in [1.165, 1.54) is 0 Å². The van der Waals surface area contributed by atoms with Crippen molar-refractivity contribution in [2.45, 2.75) is 19.8 Å². The molecule has 0 aromatic carbocycles. The van der Waals surface area contributed by atoms with E-state index in [0.29, 0.717) is 0 Å². The van der Waals surface area contributed by atoms with Gasteiger partial charge < -0.3 is 5.21 Å². The molecule has 2 heteroatoms. The minimum Gasteiger partial charge on any atom is -0.411 e. The zero-order chi connectivity index (χ0) is 5.70. The van der Waals surface area contributed by atoms with Gasteiger partial charge in [0, 0.05) is 0 Å². The first-order valence-electron chi connectivity index (χ1n) is 2.28. The Kier molecular flexibility index (Phi) is 3.38. The molecule has 0 rings (SSSR count). The summed E-state index contributed by atoms with van der Waals surface area (Å²) in [5, 5.41) is 11.0. The summed E-state index contributed by atoms with van der Waals surface area (Å²) in [5.41, 5.74) is 0.745. The summed E-state index contributed by atoms with van der Waals surface area (Å²) in [5.74, 6) is 0. The summed E-state index contributed by atoms with van der Waals surface area (Å²) in [7, 11) is 0. The van der Waals surface area contributed by atoms with Crippen molar-refractivity contribution in [2.24, 2.45) is 5.16 Å². The summed E-state index contributed by atoms with van der Waals surface area (Å²) in [6.45, 7) is 5.35. The number of hydrogen-bond donors (Lipinski definition) is 1. The molecule has 0 heterocycles. The van der Waals surface area contributed by atoms with Crippen molar-refractivity contribution in [3.8, 4) is 0 Å². The Hall–Kier alpha value is -0.530. The highest BCUT2D eigenvalue weighted by Crippen LogP contribution is 1.87. The minimum absolute atomic E-state index is 0.745. The summed E-state index contributed by atoms with van der Waals surface area (Å²) in [6.07, 6.45) is 1.59. The largest absolute Gasteiger partial charge is 0.411 e. The van der Waals surface area contributed by atoms with E-state index in [4.69, 9.17) is 5.21 Å². The van der Waals surface area contributed by atoms with Crippen LogP contribution in [0.2, 0.25) is 0 Å². The van der Waals surface area contributed by atoms with E-state index in [0.717, 1.165) is 18.6 Å². The molecular weight excluding hydrogens is 90.1 g/mol. The highest BCUT2D eigenvalue weighted by Gasteiger charge is 1.84. The van der Waals surface area contributed by atoms with Crippen LogP contribution >= 0.6 is 0 Å². The lowest BCUT2D eigenvalue weighted by molar-refractivity contribution is 0.317. The molecule has 0 aromatic heterocycles. The maximum absolute atomic E-state index is 8.03. The maximum Gasteiger partial charge on any atom is 0.0540 e. The SMILES string of the molecule is [CH2]CCC(C)=NO. The average molecular weight is 100 g/mol. The van der Waals surface area contributed by atoms with Gasteiger partial charge in [-0.25, -0.2) is 0 Å². The number of hydrogen-bond acceptors (Lipinski definition) is 2. The van der Waals surface area contributed by atoms with Crippen molar-refractivity contribution >= 4 is 5.71 Å². The second kappa shape index (κ2) is 3.65. The van der Waals surface area contributed by atoms with E-state index >= 15 is 0 Å². The molecule has 1 N–H and O–H groups in total. The van der Waals surface area contributed by atoms with Gasteiger partial charge in [0.15, 0.2) is 0 Å². The lowest BCUT2D eigenvalue weighted by Crippen LogP contribution is -1.87. The lowest BCUT2D eigenvalue weighted by atomic mass is 10.2. The Morgan fingerprint density at radius 3 is 2.57 bits per heavy atom. The normalized spacial score (nSPS) is 12.0. The van der Waals surface area contributed by atoms with Gasteiger partial charge >= 0.3 is 0 Å². The van der Waals surface area contributed by atoms with E-state index in [1.807, 2.05) is 0 Å². The fourth-order valence-corrected chi connectivity index (χ4v) is 0.306. The molecule has 0 aliphatic heterocycles. The smallest absolute Gasteiger partial charge is 0.0540 e. The van der Waals surface area contributed by atoms with Gasteiger partial charge in [0.1, 0.15) is 0 Å². The summed E-state index contributed by atoms with van der Waals surface area (Å²) < 4.78 is 0. The van der Waals surface area contributed by atoms with Crippen LogP contribution in [0.1, 0.15) is 19.8 Å². The van der Waals surface area contributed by atoms with Crippen molar-refractivity contribution in [2.75, 3.05) is 0 Å². The van der Waals surface area contributed by atoms with Crippen LogP contribution < -0.4 is 0 Å². The number of rotatable bonds is 2. The van der Waals surface area contributed by atoms with Gasteiger partial charge in [0.2, 0.25) is 0 Å². The molecule has 0 spiro atoms. The highest BCUT2D eigenvalue weighted by molar-refractivity contribution is 5.81. The summed E-state index contributed by atoms with van der Waals surface area (Å²) >= 11 is 0. The molecule has 0 atom stereocenters. The molecule has 7 heavy (non-hydrogen) atoms. The van der Waals surface area contributed by atoms with Gasteiger partial charge in [-0.2, -0.15) is 0 Å². The molecule has 0 bridgehead atoms. The fraction of sp³-hybridized carbons (Fsp3) is 0.600. The molecule has 1 radical (unpaired) electrons. The topological polar surface area (TPSA) is 32.6 Å². The van der Waals surface area contributed by atoms with Crippen LogP contribution in [0.4, 0.5) is 0 Å². The first-order chi connectivity index (χ1) is 3.31. The van der Waals surface area contributed by atoms with E-state index in [2.05, 4.69) is 12.1 Å². The van der Waals surface area contributed by atoms with Crippen LogP contribution in [0.15, 0.2) is 5.16 Å². The van der Waals surface area contributed by atoms with Crippen molar-refractivity contribution in [1.82, 2.24) is 0 Å². The van der Waals surface area contributed by atoms with Crippen LogP contribution in [0, 0.1) is 6.92 Å². The first-order valence-corrected chi connectivity index (χ1v) is 2.28. The third kappa shape index (κ3) is 3.30. The van der Waals surface area contributed by atoms with Gasteiger partial charge in [0.05, 0.1) is 5.71 Å². The molecule has 0 aromatic rings. The van der Waals surface area contributed by atoms with Gasteiger partial charge in [0.25, 0.3) is 0 Å². The van der Waals surface area contributed by atoms with Crippen LogP contribution in [0.25, 0.3) is 0 Å². The zero-order valence-corrected chi connectivity index (χ0v) is 4.52. The summed E-state index contributed by atoms with van der Waals surface area (Å²) in [6, 6.07) is 0. The standard InChI is InChI=1S/C5H10NO/c1-3-4-5(2)6-7/h7H,1,3-4H2,2H3. The van der Waals surface area contributed by atoms with E-state index < -0.39 is 0 Å². The quantitative estimate of drug-likeness (QED) is 0.318. The van der Waals surface area contributed by atoms with Crippen molar-refractivity contribution < 1.29 is 5.21 Å². The molecule has 0 aliphatic carbocycles. The molecule has 0 saturated heterocycles. The van der Waals surface area contributed by atoms with Crippen molar-refractivity contribution in [3.05, 3.63) is 6.92 Å². The van der Waals surface area contributed by atoms with Gasteiger partial charge in [-0.05, 0) is 19.8 Å².